The highest BCUT2D eigenvalue weighted by molar-refractivity contribution is 7.99. The van der Waals surface area contributed by atoms with Gasteiger partial charge in [-0.05, 0) is 12.1 Å². The second-order valence-electron chi connectivity index (χ2n) is 4.90. The minimum Gasteiger partial charge on any atom is -0.447 e. The number of ether oxygens (including phenoxy) is 1. The summed E-state index contributed by atoms with van der Waals surface area (Å²) < 4.78 is 6.62. The van der Waals surface area contributed by atoms with Gasteiger partial charge in [0.05, 0.1) is 12.3 Å². The van der Waals surface area contributed by atoms with Gasteiger partial charge in [0, 0.05) is 24.5 Å². The largest absolute Gasteiger partial charge is 0.447 e. The predicted octanol–water partition coefficient (Wildman–Crippen LogP) is 1.60. The average Bonchev–Trinajstić information content (AvgIpc) is 3.20. The minimum atomic E-state index is -0.593. The molecule has 1 fully saturated rings. The van der Waals surface area contributed by atoms with E-state index in [0.29, 0.717) is 24.1 Å². The van der Waals surface area contributed by atoms with Gasteiger partial charge in [0.15, 0.2) is 11.0 Å². The van der Waals surface area contributed by atoms with Gasteiger partial charge in [-0.1, -0.05) is 17.8 Å². The topological polar surface area (TPSA) is 90.2 Å². The Labute approximate surface area is 142 Å². The lowest BCUT2D eigenvalue weighted by molar-refractivity contribution is -0.125. The van der Waals surface area contributed by atoms with Crippen molar-refractivity contribution >= 4 is 23.8 Å². The van der Waals surface area contributed by atoms with Gasteiger partial charge in [-0.2, -0.15) is 0 Å². The molecule has 2 amide bonds. The van der Waals surface area contributed by atoms with Crippen molar-refractivity contribution in [3.8, 4) is 11.4 Å². The molecular weight excluding hydrogens is 330 g/mol. The molecule has 0 spiro atoms. The number of imide groups is 1. The van der Waals surface area contributed by atoms with E-state index >= 15 is 0 Å². The zero-order chi connectivity index (χ0) is 16.9. The van der Waals surface area contributed by atoms with E-state index in [-0.39, 0.29) is 18.3 Å². The van der Waals surface area contributed by atoms with Crippen LogP contribution in [0.4, 0.5) is 4.79 Å². The third-order valence-corrected chi connectivity index (χ3v) is 4.29. The number of carbonyl (C=O) groups excluding carboxylic acids is 2. The van der Waals surface area contributed by atoms with Crippen LogP contribution in [0.15, 0.2) is 42.3 Å². The van der Waals surface area contributed by atoms with E-state index in [1.54, 1.807) is 18.5 Å². The van der Waals surface area contributed by atoms with Crippen molar-refractivity contribution in [3.05, 3.63) is 37.2 Å². The number of amides is 2. The number of aromatic nitrogens is 4. The van der Waals surface area contributed by atoms with E-state index in [1.165, 1.54) is 11.8 Å². The molecule has 3 heterocycles. The molecule has 0 saturated carbocycles. The Morgan fingerprint density at radius 2 is 2.33 bits per heavy atom. The molecule has 1 aliphatic rings. The monoisotopic (exact) mass is 345 g/mol. The van der Waals surface area contributed by atoms with Crippen LogP contribution in [0.5, 0.6) is 0 Å². The minimum absolute atomic E-state index is 0.0808. The Morgan fingerprint density at radius 3 is 3.00 bits per heavy atom. The molecule has 0 bridgehead atoms. The SMILES string of the molecule is C=CCn1c(SCC(=O)N2CCOC2=O)nnc1-c1cccnc1. The quantitative estimate of drug-likeness (QED) is 0.580. The Balaban J connectivity index is 1.76. The van der Waals surface area contributed by atoms with Crippen LogP contribution in [0.1, 0.15) is 0 Å². The van der Waals surface area contributed by atoms with Gasteiger partial charge in [0.1, 0.15) is 6.61 Å². The number of cyclic esters (lactones) is 1. The van der Waals surface area contributed by atoms with Crippen LogP contribution in [0.25, 0.3) is 11.4 Å². The summed E-state index contributed by atoms with van der Waals surface area (Å²) in [5.74, 6) is 0.425. The fourth-order valence-electron chi connectivity index (χ4n) is 2.22. The summed E-state index contributed by atoms with van der Waals surface area (Å²) >= 11 is 1.22. The van der Waals surface area contributed by atoms with E-state index in [2.05, 4.69) is 21.8 Å². The van der Waals surface area contributed by atoms with Gasteiger partial charge in [0.25, 0.3) is 0 Å². The van der Waals surface area contributed by atoms with Crippen molar-refractivity contribution in [2.24, 2.45) is 0 Å². The zero-order valence-electron chi connectivity index (χ0n) is 12.8. The van der Waals surface area contributed by atoms with Gasteiger partial charge >= 0.3 is 6.09 Å². The van der Waals surface area contributed by atoms with Crippen LogP contribution in [-0.2, 0) is 16.1 Å². The van der Waals surface area contributed by atoms with Crippen molar-refractivity contribution in [2.45, 2.75) is 11.7 Å². The van der Waals surface area contributed by atoms with E-state index < -0.39 is 6.09 Å². The van der Waals surface area contributed by atoms with Crippen LogP contribution in [0.2, 0.25) is 0 Å². The predicted molar refractivity (Wildman–Crippen MR) is 87.2 cm³/mol. The lowest BCUT2D eigenvalue weighted by Gasteiger charge is -2.10. The lowest BCUT2D eigenvalue weighted by atomic mass is 10.3. The molecule has 24 heavy (non-hydrogen) atoms. The van der Waals surface area contributed by atoms with Gasteiger partial charge in [0.2, 0.25) is 5.91 Å². The zero-order valence-corrected chi connectivity index (χ0v) is 13.6. The first-order valence-electron chi connectivity index (χ1n) is 7.25. The van der Waals surface area contributed by atoms with Crippen molar-refractivity contribution in [1.82, 2.24) is 24.6 Å². The molecule has 1 aliphatic heterocycles. The van der Waals surface area contributed by atoms with Gasteiger partial charge in [-0.25, -0.2) is 9.69 Å². The van der Waals surface area contributed by atoms with Crippen LogP contribution >= 0.6 is 11.8 Å². The Bertz CT molecular complexity index is 762. The molecule has 9 heteroatoms. The molecule has 0 aliphatic carbocycles. The summed E-state index contributed by atoms with van der Waals surface area (Å²) in [5, 5.41) is 8.90. The number of hydrogen-bond donors (Lipinski definition) is 0. The molecule has 1 saturated heterocycles. The first kappa shape index (κ1) is 16.2. The highest BCUT2D eigenvalue weighted by Crippen LogP contribution is 2.24. The average molecular weight is 345 g/mol. The maximum absolute atomic E-state index is 12.1. The van der Waals surface area contributed by atoms with Crippen molar-refractivity contribution in [1.29, 1.82) is 0 Å². The molecule has 0 N–H and O–H groups in total. The summed E-state index contributed by atoms with van der Waals surface area (Å²) in [6.07, 6.45) is 4.52. The second-order valence-corrected chi connectivity index (χ2v) is 5.84. The molecule has 0 radical (unpaired) electrons. The number of allylic oxidation sites excluding steroid dienone is 1. The normalized spacial score (nSPS) is 13.8. The Morgan fingerprint density at radius 1 is 1.46 bits per heavy atom. The third kappa shape index (κ3) is 3.30. The van der Waals surface area contributed by atoms with Crippen LogP contribution in [0.3, 0.4) is 0 Å². The maximum Gasteiger partial charge on any atom is 0.416 e. The number of hydrogen-bond acceptors (Lipinski definition) is 7. The fraction of sp³-hybridized carbons (Fsp3) is 0.267. The van der Waals surface area contributed by atoms with Crippen LogP contribution in [0, 0.1) is 0 Å². The highest BCUT2D eigenvalue weighted by atomic mass is 32.2. The molecule has 0 unspecified atom stereocenters. The summed E-state index contributed by atoms with van der Waals surface area (Å²) in [6, 6.07) is 3.70. The summed E-state index contributed by atoms with van der Waals surface area (Å²) in [5.41, 5.74) is 0.827. The number of pyridine rings is 1. The van der Waals surface area contributed by atoms with E-state index in [4.69, 9.17) is 4.74 Å². The second kappa shape index (κ2) is 7.26. The molecule has 0 aromatic carbocycles. The fourth-order valence-corrected chi connectivity index (χ4v) is 3.05. The Hall–Kier alpha value is -2.68. The Kier molecular flexibility index (Phi) is 4.90. The number of rotatable bonds is 6. The first-order chi connectivity index (χ1) is 11.7. The van der Waals surface area contributed by atoms with Crippen LogP contribution < -0.4 is 0 Å². The van der Waals surface area contributed by atoms with Crippen LogP contribution in [-0.4, -0.2) is 55.6 Å². The molecule has 2 aromatic heterocycles. The summed E-state index contributed by atoms with van der Waals surface area (Å²) in [6.45, 7) is 4.77. The molecular formula is C15H15N5O3S. The molecule has 3 rings (SSSR count). The molecule has 8 nitrogen and oxygen atoms in total. The van der Waals surface area contributed by atoms with Gasteiger partial charge in [-0.3, -0.25) is 14.3 Å². The smallest absolute Gasteiger partial charge is 0.416 e. The lowest BCUT2D eigenvalue weighted by Crippen LogP contribution is -2.33. The number of carbonyl (C=O) groups is 2. The summed E-state index contributed by atoms with van der Waals surface area (Å²) in [4.78, 5) is 28.7. The van der Waals surface area contributed by atoms with E-state index in [9.17, 15) is 9.59 Å². The van der Waals surface area contributed by atoms with Gasteiger partial charge in [-0.15, -0.1) is 16.8 Å². The summed E-state index contributed by atoms with van der Waals surface area (Å²) in [7, 11) is 0. The number of nitrogens with zero attached hydrogens (tertiary/aromatic N) is 5. The molecule has 0 atom stereocenters. The van der Waals surface area contributed by atoms with E-state index in [1.807, 2.05) is 16.7 Å². The highest BCUT2D eigenvalue weighted by Gasteiger charge is 2.28. The third-order valence-electron chi connectivity index (χ3n) is 3.33. The van der Waals surface area contributed by atoms with E-state index in [0.717, 1.165) is 10.5 Å². The van der Waals surface area contributed by atoms with Gasteiger partial charge < -0.3 is 4.74 Å². The number of thioether (sulfide) groups is 1. The van der Waals surface area contributed by atoms with Crippen molar-refractivity contribution < 1.29 is 14.3 Å². The molecule has 2 aromatic rings. The van der Waals surface area contributed by atoms with Crippen molar-refractivity contribution in [3.63, 3.8) is 0 Å². The maximum atomic E-state index is 12.1. The standard InChI is InChI=1S/C15H15N5O3S/c1-2-6-20-13(11-4-3-5-16-9-11)17-18-14(20)24-10-12(21)19-7-8-23-15(19)22/h2-5,9H,1,6-8,10H2. The first-order valence-corrected chi connectivity index (χ1v) is 8.23. The molecule has 124 valence electrons. The van der Waals surface area contributed by atoms with Crippen molar-refractivity contribution in [2.75, 3.05) is 18.9 Å².